The summed E-state index contributed by atoms with van der Waals surface area (Å²) >= 11 is 7.65. The molecule has 2 nitrogen and oxygen atoms in total. The van der Waals surface area contributed by atoms with Crippen LogP contribution in [-0.2, 0) is 0 Å². The minimum absolute atomic E-state index is 0.699. The summed E-state index contributed by atoms with van der Waals surface area (Å²) in [6, 6.07) is 5.88. The van der Waals surface area contributed by atoms with Crippen molar-refractivity contribution in [1.82, 2.24) is 4.98 Å². The minimum Gasteiger partial charge on any atom is -0.360 e. The molecule has 2 rings (SSSR count). The Balaban J connectivity index is 2.37. The largest absolute Gasteiger partial charge is 0.360 e. The monoisotopic (exact) mass is 226 g/mol. The Morgan fingerprint density at radius 1 is 1.43 bits per heavy atom. The van der Waals surface area contributed by atoms with Gasteiger partial charge in [0, 0.05) is 39.3 Å². The summed E-state index contributed by atoms with van der Waals surface area (Å²) in [5, 5.41) is 1.97. The third-order valence-electron chi connectivity index (χ3n) is 1.98. The molecule has 1 heterocycles. The second-order valence-corrected chi connectivity index (χ2v) is 4.55. The fourth-order valence-electron chi connectivity index (χ4n) is 1.36. The van der Waals surface area contributed by atoms with Crippen molar-refractivity contribution in [2.75, 3.05) is 12.3 Å². The summed E-state index contributed by atoms with van der Waals surface area (Å²) in [5.41, 5.74) is 6.54. The van der Waals surface area contributed by atoms with Crippen LogP contribution in [-0.4, -0.2) is 17.3 Å². The van der Waals surface area contributed by atoms with Gasteiger partial charge >= 0.3 is 0 Å². The predicted molar refractivity (Wildman–Crippen MR) is 63.1 cm³/mol. The van der Waals surface area contributed by atoms with Gasteiger partial charge in [0.15, 0.2) is 0 Å². The molecular weight excluding hydrogens is 216 g/mol. The predicted octanol–water partition coefficient (Wildman–Crippen LogP) is 2.87. The number of H-pyrrole nitrogens is 1. The maximum absolute atomic E-state index is 5.89. The molecular formula is C10H11ClN2S. The number of aromatic nitrogens is 1. The highest BCUT2D eigenvalue weighted by Gasteiger charge is 2.03. The number of benzene rings is 1. The topological polar surface area (TPSA) is 41.8 Å². The molecule has 14 heavy (non-hydrogen) atoms. The molecule has 74 valence electrons. The van der Waals surface area contributed by atoms with E-state index in [0.29, 0.717) is 6.54 Å². The van der Waals surface area contributed by atoms with Gasteiger partial charge < -0.3 is 10.7 Å². The number of rotatable bonds is 3. The van der Waals surface area contributed by atoms with Gasteiger partial charge in [-0.15, -0.1) is 11.8 Å². The van der Waals surface area contributed by atoms with Gasteiger partial charge in [-0.2, -0.15) is 0 Å². The minimum atomic E-state index is 0.699. The molecule has 0 saturated carbocycles. The molecule has 1 aromatic heterocycles. The van der Waals surface area contributed by atoms with Crippen molar-refractivity contribution in [2.24, 2.45) is 5.73 Å². The third kappa shape index (κ3) is 1.90. The van der Waals surface area contributed by atoms with Crippen molar-refractivity contribution in [3.8, 4) is 0 Å². The summed E-state index contributed by atoms with van der Waals surface area (Å²) in [4.78, 5) is 4.43. The van der Waals surface area contributed by atoms with Gasteiger partial charge in [-0.25, -0.2) is 0 Å². The molecule has 0 amide bonds. The zero-order chi connectivity index (χ0) is 9.97. The fourth-order valence-corrected chi connectivity index (χ4v) is 2.35. The normalized spacial score (nSPS) is 11.0. The van der Waals surface area contributed by atoms with E-state index in [2.05, 4.69) is 4.98 Å². The van der Waals surface area contributed by atoms with Crippen LogP contribution in [0.3, 0.4) is 0 Å². The van der Waals surface area contributed by atoms with Crippen molar-refractivity contribution in [2.45, 2.75) is 4.90 Å². The van der Waals surface area contributed by atoms with Crippen LogP contribution >= 0.6 is 23.4 Å². The lowest BCUT2D eigenvalue weighted by Gasteiger charge is -1.97. The van der Waals surface area contributed by atoms with Crippen LogP contribution in [0.5, 0.6) is 0 Å². The van der Waals surface area contributed by atoms with Crippen molar-refractivity contribution in [3.05, 3.63) is 29.4 Å². The van der Waals surface area contributed by atoms with Crippen LogP contribution in [0, 0.1) is 0 Å². The van der Waals surface area contributed by atoms with Gasteiger partial charge in [0.2, 0.25) is 0 Å². The number of thioether (sulfide) groups is 1. The smallest absolute Gasteiger partial charge is 0.0480 e. The lowest BCUT2D eigenvalue weighted by Crippen LogP contribution is -2.00. The molecule has 1 aromatic carbocycles. The number of nitrogens with one attached hydrogen (secondary N) is 1. The van der Waals surface area contributed by atoms with Crippen LogP contribution in [0.2, 0.25) is 5.02 Å². The molecule has 0 aliphatic carbocycles. The van der Waals surface area contributed by atoms with E-state index < -0.39 is 0 Å². The summed E-state index contributed by atoms with van der Waals surface area (Å²) in [7, 11) is 0. The molecule has 0 atom stereocenters. The first-order chi connectivity index (χ1) is 6.81. The Labute approximate surface area is 91.8 Å². The standard InChI is InChI=1S/C10H11ClN2S/c11-7-1-2-8-9(5-7)13-6-10(8)14-4-3-12/h1-2,5-6,13H,3-4,12H2. The Kier molecular flexibility index (Phi) is 3.01. The Hall–Kier alpha value is -0.640. The maximum Gasteiger partial charge on any atom is 0.0480 e. The van der Waals surface area contributed by atoms with Crippen LogP contribution in [0.25, 0.3) is 10.9 Å². The van der Waals surface area contributed by atoms with Crippen LogP contribution in [0.15, 0.2) is 29.3 Å². The average Bonchev–Trinajstić information content (AvgIpc) is 2.57. The van der Waals surface area contributed by atoms with E-state index in [9.17, 15) is 0 Å². The first-order valence-electron chi connectivity index (χ1n) is 4.41. The number of fused-ring (bicyclic) bond motifs is 1. The quantitative estimate of drug-likeness (QED) is 0.791. The molecule has 0 bridgehead atoms. The maximum atomic E-state index is 5.89. The van der Waals surface area contributed by atoms with E-state index >= 15 is 0 Å². The molecule has 0 radical (unpaired) electrons. The first kappa shape index (κ1) is 9.90. The van der Waals surface area contributed by atoms with Crippen LogP contribution in [0.4, 0.5) is 0 Å². The lowest BCUT2D eigenvalue weighted by molar-refractivity contribution is 1.15. The van der Waals surface area contributed by atoms with Crippen molar-refractivity contribution < 1.29 is 0 Å². The number of halogens is 1. The van der Waals surface area contributed by atoms with E-state index in [1.165, 1.54) is 10.3 Å². The lowest BCUT2D eigenvalue weighted by atomic mass is 10.2. The molecule has 0 spiro atoms. The average molecular weight is 227 g/mol. The second kappa shape index (κ2) is 4.26. The Bertz CT molecular complexity index is 439. The number of hydrogen-bond donors (Lipinski definition) is 2. The van der Waals surface area contributed by atoms with E-state index in [0.717, 1.165) is 16.3 Å². The zero-order valence-corrected chi connectivity index (χ0v) is 9.16. The van der Waals surface area contributed by atoms with E-state index in [1.807, 2.05) is 24.4 Å². The highest BCUT2D eigenvalue weighted by Crippen LogP contribution is 2.28. The van der Waals surface area contributed by atoms with Gasteiger partial charge in [-0.05, 0) is 12.1 Å². The number of hydrogen-bond acceptors (Lipinski definition) is 2. The SMILES string of the molecule is NCCSc1c[nH]c2cc(Cl)ccc12. The molecule has 4 heteroatoms. The fraction of sp³-hybridized carbons (Fsp3) is 0.200. The van der Waals surface area contributed by atoms with Gasteiger partial charge in [0.1, 0.15) is 0 Å². The molecule has 0 aliphatic heterocycles. The highest BCUT2D eigenvalue weighted by molar-refractivity contribution is 7.99. The first-order valence-corrected chi connectivity index (χ1v) is 5.77. The van der Waals surface area contributed by atoms with Gasteiger partial charge in [-0.1, -0.05) is 17.7 Å². The summed E-state index contributed by atoms with van der Waals surface area (Å²) < 4.78 is 0. The molecule has 0 fully saturated rings. The van der Waals surface area contributed by atoms with E-state index in [4.69, 9.17) is 17.3 Å². The second-order valence-electron chi connectivity index (χ2n) is 2.98. The molecule has 0 unspecified atom stereocenters. The van der Waals surface area contributed by atoms with E-state index in [-0.39, 0.29) is 0 Å². The van der Waals surface area contributed by atoms with Gasteiger partial charge in [0.25, 0.3) is 0 Å². The number of aromatic amines is 1. The Morgan fingerprint density at radius 3 is 3.07 bits per heavy atom. The zero-order valence-electron chi connectivity index (χ0n) is 7.59. The molecule has 3 N–H and O–H groups in total. The van der Waals surface area contributed by atoms with Gasteiger partial charge in [0.05, 0.1) is 0 Å². The summed E-state index contributed by atoms with van der Waals surface area (Å²) in [6.45, 7) is 0.699. The summed E-state index contributed by atoms with van der Waals surface area (Å²) in [6.07, 6.45) is 2.00. The molecule has 0 saturated heterocycles. The van der Waals surface area contributed by atoms with Crippen LogP contribution < -0.4 is 5.73 Å². The highest BCUT2D eigenvalue weighted by atomic mass is 35.5. The third-order valence-corrected chi connectivity index (χ3v) is 3.30. The van der Waals surface area contributed by atoms with E-state index in [1.54, 1.807) is 11.8 Å². The number of nitrogens with two attached hydrogens (primary N) is 1. The van der Waals surface area contributed by atoms with Crippen molar-refractivity contribution in [3.63, 3.8) is 0 Å². The Morgan fingerprint density at radius 2 is 2.29 bits per heavy atom. The molecule has 2 aromatic rings. The van der Waals surface area contributed by atoms with Crippen molar-refractivity contribution in [1.29, 1.82) is 0 Å². The summed E-state index contributed by atoms with van der Waals surface area (Å²) in [5.74, 6) is 0.940. The molecule has 0 aliphatic rings. The van der Waals surface area contributed by atoms with Crippen LogP contribution in [0.1, 0.15) is 0 Å². The van der Waals surface area contributed by atoms with Crippen molar-refractivity contribution >= 4 is 34.3 Å². The van der Waals surface area contributed by atoms with Gasteiger partial charge in [-0.3, -0.25) is 0 Å².